The van der Waals surface area contributed by atoms with Crippen molar-refractivity contribution in [3.05, 3.63) is 78.1 Å². The third kappa shape index (κ3) is 12.0. The van der Waals surface area contributed by atoms with Gasteiger partial charge >= 0.3 is 11.9 Å². The number of phenols is 1. The largest absolute Gasteiger partial charge is 0.508 e. The van der Waals surface area contributed by atoms with E-state index >= 15 is 0 Å². The van der Waals surface area contributed by atoms with E-state index < -0.39 is 5.97 Å². The van der Waals surface area contributed by atoms with Gasteiger partial charge in [-0.1, -0.05) is 50.3 Å². The minimum absolute atomic E-state index is 0.176. The summed E-state index contributed by atoms with van der Waals surface area (Å²) < 4.78 is 16.8. The first-order valence-electron chi connectivity index (χ1n) is 9.07. The molecule has 0 amide bonds. The number of aromatic hydroxyl groups is 1. The number of hydrogen-bond donors (Lipinski definition) is 2. The highest BCUT2D eigenvalue weighted by Crippen LogP contribution is 2.27. The summed E-state index contributed by atoms with van der Waals surface area (Å²) in [6.45, 7) is 10.4. The number of rotatable bonds is 5. The molecule has 0 spiro atoms. The first-order chi connectivity index (χ1) is 13.6. The van der Waals surface area contributed by atoms with Crippen LogP contribution >= 0.6 is 0 Å². The van der Waals surface area contributed by atoms with E-state index in [1.165, 1.54) is 19.1 Å². The minimum Gasteiger partial charge on any atom is -0.508 e. The van der Waals surface area contributed by atoms with Crippen LogP contribution in [0.4, 0.5) is 4.39 Å². The Balaban J connectivity index is 0.000000495. The molecule has 0 saturated heterocycles. The lowest BCUT2D eigenvalue weighted by Crippen LogP contribution is -2.09. The molecule has 0 bridgehead atoms. The predicted molar refractivity (Wildman–Crippen MR) is 111 cm³/mol. The van der Waals surface area contributed by atoms with Crippen molar-refractivity contribution in [1.29, 1.82) is 0 Å². The molecule has 5 nitrogen and oxygen atoms in total. The van der Waals surface area contributed by atoms with Crippen molar-refractivity contribution < 1.29 is 28.9 Å². The van der Waals surface area contributed by atoms with Crippen molar-refractivity contribution in [1.82, 2.24) is 0 Å². The minimum atomic E-state index is -0.741. The Morgan fingerprint density at radius 2 is 1.72 bits per heavy atom. The van der Waals surface area contributed by atoms with Gasteiger partial charge in [0, 0.05) is 18.4 Å². The van der Waals surface area contributed by atoms with E-state index in [2.05, 4.69) is 6.58 Å². The zero-order valence-corrected chi connectivity index (χ0v) is 17.3. The summed E-state index contributed by atoms with van der Waals surface area (Å²) in [7, 11) is 0. The molecule has 0 heterocycles. The maximum atomic E-state index is 11.9. The van der Waals surface area contributed by atoms with E-state index in [9.17, 15) is 19.1 Å². The van der Waals surface area contributed by atoms with Crippen molar-refractivity contribution in [2.75, 3.05) is 6.61 Å². The molecule has 0 saturated carbocycles. The fourth-order valence-electron chi connectivity index (χ4n) is 1.87. The summed E-state index contributed by atoms with van der Waals surface area (Å²) in [6.07, 6.45) is 1.66. The van der Waals surface area contributed by atoms with Gasteiger partial charge in [-0.15, -0.1) is 6.58 Å². The Morgan fingerprint density at radius 3 is 2.07 bits per heavy atom. The average Bonchev–Trinajstić information content (AvgIpc) is 2.65. The molecule has 29 heavy (non-hydrogen) atoms. The highest BCUT2D eigenvalue weighted by molar-refractivity contribution is 5.68. The summed E-state index contributed by atoms with van der Waals surface area (Å²) in [5.41, 5.74) is 1.71. The number of carboxylic acid groups (broad SMARTS) is 1. The van der Waals surface area contributed by atoms with Crippen LogP contribution in [0.1, 0.15) is 37.8 Å². The number of carbonyl (C=O) groups is 2. The molecule has 2 N–H and O–H groups in total. The van der Waals surface area contributed by atoms with Crippen LogP contribution in [0.3, 0.4) is 0 Å². The highest BCUT2D eigenvalue weighted by atomic mass is 19.1. The Kier molecular flexibility index (Phi) is 12.4. The van der Waals surface area contributed by atoms with Crippen LogP contribution in [-0.2, 0) is 14.3 Å². The van der Waals surface area contributed by atoms with Crippen molar-refractivity contribution in [2.45, 2.75) is 33.6 Å². The maximum Gasteiger partial charge on any atom is 0.305 e. The Hall–Kier alpha value is -3.15. The molecule has 0 aliphatic rings. The molecule has 2 rings (SSSR count). The maximum absolute atomic E-state index is 11.9. The molecule has 2 aromatic rings. The van der Waals surface area contributed by atoms with Gasteiger partial charge in [0.05, 0.1) is 5.92 Å². The van der Waals surface area contributed by atoms with Crippen molar-refractivity contribution in [2.24, 2.45) is 5.92 Å². The van der Waals surface area contributed by atoms with Crippen LogP contribution in [0.5, 0.6) is 5.75 Å². The van der Waals surface area contributed by atoms with Gasteiger partial charge in [0.15, 0.2) is 0 Å². The summed E-state index contributed by atoms with van der Waals surface area (Å²) in [4.78, 5) is 20.4. The smallest absolute Gasteiger partial charge is 0.305 e. The lowest BCUT2D eigenvalue weighted by atomic mass is 9.98. The Morgan fingerprint density at radius 1 is 1.17 bits per heavy atom. The first kappa shape index (κ1) is 25.9. The molecule has 6 heteroatoms. The molecule has 158 valence electrons. The molecule has 2 aromatic carbocycles. The van der Waals surface area contributed by atoms with Gasteiger partial charge in [-0.05, 0) is 30.7 Å². The first-order valence-corrected chi connectivity index (χ1v) is 9.07. The van der Waals surface area contributed by atoms with Crippen LogP contribution in [-0.4, -0.2) is 28.8 Å². The van der Waals surface area contributed by atoms with Crippen molar-refractivity contribution in [3.63, 3.8) is 0 Å². The fraction of sp³-hybridized carbons (Fsp3) is 0.304. The second kappa shape index (κ2) is 13.9. The molecular weight excluding hydrogens is 375 g/mol. The van der Waals surface area contributed by atoms with E-state index in [1.807, 2.05) is 19.1 Å². The van der Waals surface area contributed by atoms with Crippen molar-refractivity contribution >= 4 is 11.9 Å². The van der Waals surface area contributed by atoms with Crippen LogP contribution in [0.2, 0.25) is 0 Å². The average molecular weight is 404 g/mol. The van der Waals surface area contributed by atoms with Crippen molar-refractivity contribution in [3.8, 4) is 5.75 Å². The Labute approximate surface area is 171 Å². The van der Waals surface area contributed by atoms with Gasteiger partial charge in [0.1, 0.15) is 18.2 Å². The van der Waals surface area contributed by atoms with Crippen LogP contribution < -0.4 is 0 Å². The van der Waals surface area contributed by atoms with Gasteiger partial charge in [0.2, 0.25) is 0 Å². The van der Waals surface area contributed by atoms with Gasteiger partial charge in [0.25, 0.3) is 0 Å². The monoisotopic (exact) mass is 404 g/mol. The SMILES string of the molecule is C=CC(COC(C)=O)c1ccc(C)cc1O.CC(C)C(=O)O.Fc1ccccc1. The molecular formula is C23H29FO5. The zero-order chi connectivity index (χ0) is 22.4. The number of esters is 1. The summed E-state index contributed by atoms with van der Waals surface area (Å²) in [6, 6.07) is 13.3. The van der Waals surface area contributed by atoms with Crippen LogP contribution in [0.25, 0.3) is 0 Å². The molecule has 0 aromatic heterocycles. The topological polar surface area (TPSA) is 83.8 Å². The van der Waals surface area contributed by atoms with Gasteiger partial charge in [-0.2, -0.15) is 0 Å². The second-order valence-electron chi connectivity index (χ2n) is 6.50. The summed E-state index contributed by atoms with van der Waals surface area (Å²) in [5.74, 6) is -1.46. The lowest BCUT2D eigenvalue weighted by Gasteiger charge is -2.14. The number of carbonyl (C=O) groups excluding carboxylic acids is 1. The van der Waals surface area contributed by atoms with Crippen LogP contribution in [0.15, 0.2) is 61.2 Å². The third-order valence-corrected chi connectivity index (χ3v) is 3.56. The zero-order valence-electron chi connectivity index (χ0n) is 17.3. The number of halogens is 1. The van der Waals surface area contributed by atoms with E-state index in [-0.39, 0.29) is 36.0 Å². The molecule has 0 fully saturated rings. The normalized spacial score (nSPS) is 10.6. The summed E-state index contributed by atoms with van der Waals surface area (Å²) >= 11 is 0. The van der Waals surface area contributed by atoms with E-state index in [0.29, 0.717) is 0 Å². The lowest BCUT2D eigenvalue weighted by molar-refractivity contribution is -0.141. The predicted octanol–water partition coefficient (Wildman–Crippen LogP) is 5.09. The number of ether oxygens (including phenoxy) is 1. The molecule has 0 aliphatic carbocycles. The fourth-order valence-corrected chi connectivity index (χ4v) is 1.87. The second-order valence-corrected chi connectivity index (χ2v) is 6.50. The number of carboxylic acids is 1. The number of hydrogen-bond acceptors (Lipinski definition) is 4. The Bertz CT molecular complexity index is 772. The number of aliphatic carboxylic acids is 1. The van der Waals surface area contributed by atoms with E-state index in [1.54, 1.807) is 44.2 Å². The van der Waals surface area contributed by atoms with Gasteiger partial charge < -0.3 is 14.9 Å². The molecule has 0 radical (unpaired) electrons. The number of phenolic OH excluding ortho intramolecular Hbond substituents is 1. The van der Waals surface area contributed by atoms with Gasteiger partial charge in [-0.3, -0.25) is 9.59 Å². The summed E-state index contributed by atoms with van der Waals surface area (Å²) in [5, 5.41) is 17.8. The molecule has 1 atom stereocenters. The quantitative estimate of drug-likeness (QED) is 0.536. The molecule has 1 unspecified atom stereocenters. The number of benzene rings is 2. The third-order valence-electron chi connectivity index (χ3n) is 3.56. The van der Waals surface area contributed by atoms with E-state index in [0.717, 1.165) is 11.1 Å². The molecule has 0 aliphatic heterocycles. The standard InChI is InChI=1S/C13H16O3.C6H5F.C4H8O2/c1-4-11(8-16-10(3)14)12-6-5-9(2)7-13(12)15;7-6-4-2-1-3-5-6;1-3(2)4(5)6/h4-7,11,15H,1,8H2,2-3H3;1-5H;3H,1-2H3,(H,5,6). The van der Waals surface area contributed by atoms with Gasteiger partial charge in [-0.25, -0.2) is 4.39 Å². The highest BCUT2D eigenvalue weighted by Gasteiger charge is 2.13. The number of aryl methyl sites for hydroxylation is 1. The van der Waals surface area contributed by atoms with Crippen LogP contribution in [0, 0.1) is 18.7 Å². The van der Waals surface area contributed by atoms with E-state index in [4.69, 9.17) is 9.84 Å².